The smallest absolute Gasteiger partial charge is 0.416 e. The Morgan fingerprint density at radius 3 is 2.16 bits per heavy atom. The van der Waals surface area contributed by atoms with Gasteiger partial charge in [0.25, 0.3) is 0 Å². The number of alkyl halides is 3. The highest BCUT2D eigenvalue weighted by Crippen LogP contribution is 2.34. The summed E-state index contributed by atoms with van der Waals surface area (Å²) in [6.07, 6.45) is -4.44. The summed E-state index contributed by atoms with van der Waals surface area (Å²) in [7, 11) is 0. The van der Waals surface area contributed by atoms with E-state index in [1.165, 1.54) is 6.07 Å². The van der Waals surface area contributed by atoms with Gasteiger partial charge in [-0.3, -0.25) is 0 Å². The second-order valence-electron chi connectivity index (χ2n) is 4.20. The molecule has 2 nitrogen and oxygen atoms in total. The van der Waals surface area contributed by atoms with Crippen molar-refractivity contribution in [2.24, 2.45) is 0 Å². The number of anilines is 1. The van der Waals surface area contributed by atoms with Gasteiger partial charge in [0.1, 0.15) is 11.5 Å². The largest absolute Gasteiger partial charge is 0.457 e. The van der Waals surface area contributed by atoms with Crippen molar-refractivity contribution in [3.8, 4) is 11.5 Å². The van der Waals surface area contributed by atoms with E-state index in [-0.39, 0.29) is 11.4 Å². The van der Waals surface area contributed by atoms with Crippen molar-refractivity contribution >= 4 is 5.69 Å². The van der Waals surface area contributed by atoms with Gasteiger partial charge in [0.15, 0.2) is 0 Å². The van der Waals surface area contributed by atoms with Gasteiger partial charge in [0.2, 0.25) is 0 Å². The zero-order valence-electron chi connectivity index (χ0n) is 10.2. The van der Waals surface area contributed by atoms with E-state index in [0.29, 0.717) is 5.75 Å². The van der Waals surface area contributed by atoms with E-state index in [9.17, 15) is 13.2 Å². The zero-order chi connectivity index (χ0) is 14.0. The number of hydrogen-bond acceptors (Lipinski definition) is 2. The van der Waals surface area contributed by atoms with Crippen molar-refractivity contribution in [2.75, 3.05) is 5.73 Å². The number of hydrogen-bond donors (Lipinski definition) is 1. The third kappa shape index (κ3) is 3.40. The number of benzene rings is 2. The number of ether oxygens (including phenoxy) is 1. The fourth-order valence-corrected chi connectivity index (χ4v) is 1.59. The molecule has 0 aromatic heterocycles. The molecule has 0 aliphatic heterocycles. The molecule has 0 amide bonds. The fraction of sp³-hybridized carbons (Fsp3) is 0.143. The molecule has 0 bridgehead atoms. The first-order valence-electron chi connectivity index (χ1n) is 5.57. The highest BCUT2D eigenvalue weighted by Gasteiger charge is 2.31. The predicted octanol–water partition coefficient (Wildman–Crippen LogP) is 4.39. The van der Waals surface area contributed by atoms with Crippen LogP contribution in [0, 0.1) is 6.92 Å². The van der Waals surface area contributed by atoms with Crippen LogP contribution in [0.1, 0.15) is 11.1 Å². The van der Waals surface area contributed by atoms with E-state index >= 15 is 0 Å². The minimum atomic E-state index is -4.44. The van der Waals surface area contributed by atoms with E-state index in [4.69, 9.17) is 10.5 Å². The van der Waals surface area contributed by atoms with Gasteiger partial charge >= 0.3 is 6.18 Å². The molecule has 0 heterocycles. The first kappa shape index (κ1) is 13.3. The lowest BCUT2D eigenvalue weighted by Gasteiger charge is -2.11. The van der Waals surface area contributed by atoms with E-state index in [2.05, 4.69) is 0 Å². The van der Waals surface area contributed by atoms with E-state index in [1.54, 1.807) is 12.1 Å². The molecule has 0 aliphatic carbocycles. The molecule has 2 N–H and O–H groups in total. The second kappa shape index (κ2) is 4.84. The molecule has 0 radical (unpaired) electrons. The van der Waals surface area contributed by atoms with Gasteiger partial charge in [0.05, 0.1) is 5.56 Å². The topological polar surface area (TPSA) is 35.2 Å². The summed E-state index contributed by atoms with van der Waals surface area (Å²) < 4.78 is 43.3. The third-order valence-corrected chi connectivity index (χ3v) is 2.51. The summed E-state index contributed by atoms with van der Waals surface area (Å²) in [5, 5.41) is 0. The normalized spacial score (nSPS) is 11.4. The van der Waals surface area contributed by atoms with Gasteiger partial charge in [-0.05, 0) is 31.2 Å². The van der Waals surface area contributed by atoms with Crippen molar-refractivity contribution in [1.29, 1.82) is 0 Å². The number of nitrogens with two attached hydrogens (primary N) is 1. The van der Waals surface area contributed by atoms with Crippen LogP contribution in [0.3, 0.4) is 0 Å². The standard InChI is InChI=1S/C14H12F3NO/c1-9-2-4-12(5-3-9)19-13-7-10(14(15,16)17)6-11(18)8-13/h2-8H,18H2,1H3. The lowest BCUT2D eigenvalue weighted by Crippen LogP contribution is -2.06. The Morgan fingerprint density at radius 1 is 0.947 bits per heavy atom. The van der Waals surface area contributed by atoms with Gasteiger partial charge in [0, 0.05) is 11.8 Å². The molecular weight excluding hydrogens is 255 g/mol. The average molecular weight is 267 g/mol. The molecule has 0 saturated carbocycles. The number of aryl methyl sites for hydroxylation is 1. The maximum Gasteiger partial charge on any atom is 0.416 e. The average Bonchev–Trinajstić information content (AvgIpc) is 2.30. The van der Waals surface area contributed by atoms with Gasteiger partial charge in [-0.1, -0.05) is 17.7 Å². The number of nitrogen functional groups attached to an aromatic ring is 1. The summed E-state index contributed by atoms with van der Waals surface area (Å²) in [6.45, 7) is 1.91. The van der Waals surface area contributed by atoms with Gasteiger partial charge in [-0.25, -0.2) is 0 Å². The highest BCUT2D eigenvalue weighted by molar-refractivity contribution is 5.49. The Kier molecular flexibility index (Phi) is 3.38. The van der Waals surface area contributed by atoms with Crippen LogP contribution in [0.5, 0.6) is 11.5 Å². The van der Waals surface area contributed by atoms with Crippen LogP contribution in [0.2, 0.25) is 0 Å². The van der Waals surface area contributed by atoms with E-state index < -0.39 is 11.7 Å². The summed E-state index contributed by atoms with van der Waals surface area (Å²) in [4.78, 5) is 0. The molecule has 0 spiro atoms. The number of rotatable bonds is 2. The molecule has 0 atom stereocenters. The lowest BCUT2D eigenvalue weighted by atomic mass is 10.2. The molecule has 100 valence electrons. The van der Waals surface area contributed by atoms with Crippen LogP contribution in [0.25, 0.3) is 0 Å². The fourth-order valence-electron chi connectivity index (χ4n) is 1.59. The van der Waals surface area contributed by atoms with Crippen LogP contribution < -0.4 is 10.5 Å². The molecule has 0 fully saturated rings. The summed E-state index contributed by atoms with van der Waals surface area (Å²) in [5.74, 6) is 0.528. The maximum absolute atomic E-state index is 12.6. The molecule has 2 rings (SSSR count). The van der Waals surface area contributed by atoms with Crippen molar-refractivity contribution in [3.05, 3.63) is 53.6 Å². The quantitative estimate of drug-likeness (QED) is 0.819. The van der Waals surface area contributed by atoms with Crippen LogP contribution in [0.15, 0.2) is 42.5 Å². The second-order valence-corrected chi connectivity index (χ2v) is 4.20. The van der Waals surface area contributed by atoms with Gasteiger partial charge in [-0.2, -0.15) is 13.2 Å². The van der Waals surface area contributed by atoms with Crippen molar-refractivity contribution in [3.63, 3.8) is 0 Å². The predicted molar refractivity (Wildman–Crippen MR) is 67.1 cm³/mol. The molecule has 0 saturated heterocycles. The summed E-state index contributed by atoms with van der Waals surface area (Å²) in [6, 6.07) is 10.2. The molecule has 0 aliphatic rings. The van der Waals surface area contributed by atoms with Gasteiger partial charge in [-0.15, -0.1) is 0 Å². The molecular formula is C14H12F3NO. The molecule has 2 aromatic rings. The van der Waals surface area contributed by atoms with Gasteiger partial charge < -0.3 is 10.5 Å². The Balaban J connectivity index is 2.30. The van der Waals surface area contributed by atoms with Crippen LogP contribution >= 0.6 is 0 Å². The Labute approximate surface area is 108 Å². The first-order chi connectivity index (χ1) is 8.84. The van der Waals surface area contributed by atoms with Crippen LogP contribution in [-0.4, -0.2) is 0 Å². The lowest BCUT2D eigenvalue weighted by molar-refractivity contribution is -0.137. The summed E-state index contributed by atoms with van der Waals surface area (Å²) in [5.41, 5.74) is 5.68. The van der Waals surface area contributed by atoms with Crippen molar-refractivity contribution < 1.29 is 17.9 Å². The zero-order valence-corrected chi connectivity index (χ0v) is 10.2. The third-order valence-electron chi connectivity index (χ3n) is 2.51. The Hall–Kier alpha value is -2.17. The maximum atomic E-state index is 12.6. The van der Waals surface area contributed by atoms with Crippen LogP contribution in [-0.2, 0) is 6.18 Å². The van der Waals surface area contributed by atoms with E-state index in [0.717, 1.165) is 17.7 Å². The monoisotopic (exact) mass is 267 g/mol. The minimum Gasteiger partial charge on any atom is -0.457 e. The highest BCUT2D eigenvalue weighted by atomic mass is 19.4. The molecule has 5 heteroatoms. The van der Waals surface area contributed by atoms with Crippen LogP contribution in [0.4, 0.5) is 18.9 Å². The Morgan fingerprint density at radius 2 is 1.58 bits per heavy atom. The van der Waals surface area contributed by atoms with Crippen molar-refractivity contribution in [1.82, 2.24) is 0 Å². The molecule has 2 aromatic carbocycles. The summed E-state index contributed by atoms with van der Waals surface area (Å²) >= 11 is 0. The first-order valence-corrected chi connectivity index (χ1v) is 5.57. The minimum absolute atomic E-state index is 0.0111. The van der Waals surface area contributed by atoms with E-state index in [1.807, 2.05) is 19.1 Å². The molecule has 19 heavy (non-hydrogen) atoms. The Bertz CT molecular complexity index is 576. The molecule has 0 unspecified atom stereocenters. The SMILES string of the molecule is Cc1ccc(Oc2cc(N)cc(C(F)(F)F)c2)cc1. The van der Waals surface area contributed by atoms with Crippen molar-refractivity contribution in [2.45, 2.75) is 13.1 Å². The number of halogens is 3.